The van der Waals surface area contributed by atoms with Gasteiger partial charge in [-0.1, -0.05) is 154 Å². The lowest BCUT2D eigenvalue weighted by molar-refractivity contribution is 1.09. The van der Waals surface area contributed by atoms with Gasteiger partial charge in [0.2, 0.25) is 0 Å². The van der Waals surface area contributed by atoms with Crippen LogP contribution in [0.15, 0.2) is 150 Å². The molecule has 82 heavy (non-hydrogen) atoms. The molecule has 0 saturated heterocycles. The summed E-state index contributed by atoms with van der Waals surface area (Å²) in [5, 5.41) is 4.29. The lowest BCUT2D eigenvalue weighted by atomic mass is 9.89. The first-order valence-corrected chi connectivity index (χ1v) is 32.1. The van der Waals surface area contributed by atoms with Gasteiger partial charge in [0.15, 0.2) is 8.07 Å². The summed E-state index contributed by atoms with van der Waals surface area (Å²) in [7, 11) is -3.58. The average Bonchev–Trinajstić information content (AvgIpc) is 2.42. The van der Waals surface area contributed by atoms with Crippen LogP contribution in [0.25, 0.3) is 66.8 Å². The summed E-state index contributed by atoms with van der Waals surface area (Å²) in [4.78, 5) is 0. The first-order valence-electron chi connectivity index (χ1n) is 30.0. The summed E-state index contributed by atoms with van der Waals surface area (Å²) in [5.41, 5.74) is 45.0. The van der Waals surface area contributed by atoms with Crippen LogP contribution >= 0.6 is 0 Å². The molecule has 0 aliphatic heterocycles. The lowest BCUT2D eigenvalue weighted by Gasteiger charge is -2.43. The lowest BCUT2D eigenvalue weighted by Crippen LogP contribution is -2.70. The van der Waals surface area contributed by atoms with Crippen molar-refractivity contribution in [3.05, 3.63) is 250 Å². The van der Waals surface area contributed by atoms with Crippen molar-refractivity contribution in [3.8, 4) is 66.8 Å². The van der Waals surface area contributed by atoms with Gasteiger partial charge in [0, 0.05) is 5.54 Å². The van der Waals surface area contributed by atoms with E-state index in [0.29, 0.717) is 0 Å². The molecule has 1 aliphatic carbocycles. The van der Waals surface area contributed by atoms with Gasteiger partial charge in [-0.15, -0.1) is 0 Å². The molecule has 0 amide bonds. The van der Waals surface area contributed by atoms with Crippen molar-refractivity contribution in [2.45, 2.75) is 158 Å². The Morgan fingerprint density at radius 2 is 0.341 bits per heavy atom. The van der Waals surface area contributed by atoms with Crippen LogP contribution in [0.4, 0.5) is 0 Å². The molecule has 0 N–H and O–H groups in total. The van der Waals surface area contributed by atoms with Gasteiger partial charge in [-0.2, -0.15) is 0 Å². The van der Waals surface area contributed by atoms with Crippen LogP contribution in [-0.4, -0.2) is 8.07 Å². The predicted octanol–water partition coefficient (Wildman–Crippen LogP) is 20.8. The first kappa shape index (κ1) is 57.9. The molecular formula is C81H88Si. The van der Waals surface area contributed by atoms with Gasteiger partial charge in [-0.25, -0.2) is 0 Å². The highest BCUT2D eigenvalue weighted by molar-refractivity contribution is 7.13. The van der Waals surface area contributed by atoms with Crippen LogP contribution in [0.3, 0.4) is 0 Å². The monoisotopic (exact) mass is 1090 g/mol. The maximum absolute atomic E-state index is 3.58. The maximum atomic E-state index is 2.71. The van der Waals surface area contributed by atoms with Crippen LogP contribution in [0.1, 0.15) is 128 Å². The van der Waals surface area contributed by atoms with E-state index in [4.69, 9.17) is 0 Å². The second-order valence-electron chi connectivity index (χ2n) is 25.9. The van der Waals surface area contributed by atoms with Gasteiger partial charge in [0.05, 0.1) is 0 Å². The smallest absolute Gasteiger partial charge is 0.0647 e. The van der Waals surface area contributed by atoms with Gasteiger partial charge in [0.25, 0.3) is 0 Å². The van der Waals surface area contributed by atoms with E-state index < -0.39 is 8.07 Å². The van der Waals surface area contributed by atoms with Crippen molar-refractivity contribution >= 4 is 23.6 Å². The standard InChI is InChI=1S/C81H88Si/c1-44-23-50(7)75(51(8)24-44)66-35-67(76-52(9)25-45(2)26-53(76)10)39-72(38-66)82(81-64(21)62(19)63(20)65(81)22,73-40-68(77-54(11)27-46(3)28-55(77)12)36-69(41-73)78-56(13)29-47(4)30-57(78)14)74-42-70(79-58(15)31-48(5)32-59(79)16)37-71(43-74)80-60(17)33-49(6)34-61(80)18/h23-43,81H,1-22H3. The third kappa shape index (κ3) is 10.1. The number of benzene rings is 9. The van der Waals surface area contributed by atoms with Gasteiger partial charge in [-0.05, 0) is 331 Å². The van der Waals surface area contributed by atoms with E-state index in [0.717, 1.165) is 0 Å². The van der Waals surface area contributed by atoms with Crippen molar-refractivity contribution in [2.75, 3.05) is 0 Å². The average molecular weight is 1090 g/mol. The Bertz CT molecular complexity index is 3430. The fraction of sp³-hybridized carbons (Fsp3) is 0.284. The second kappa shape index (κ2) is 21.8. The zero-order valence-corrected chi connectivity index (χ0v) is 54.7. The largest absolute Gasteiger partial charge is 0.159 e. The van der Waals surface area contributed by atoms with Crippen LogP contribution in [-0.2, 0) is 0 Å². The third-order valence-electron chi connectivity index (χ3n) is 19.0. The fourth-order valence-electron chi connectivity index (χ4n) is 16.2. The van der Waals surface area contributed by atoms with E-state index in [-0.39, 0.29) is 5.54 Å². The normalized spacial score (nSPS) is 13.1. The molecule has 0 spiro atoms. The van der Waals surface area contributed by atoms with E-state index in [1.54, 1.807) is 0 Å². The second-order valence-corrected chi connectivity index (χ2v) is 29.8. The molecule has 1 heteroatoms. The molecule has 0 unspecified atom stereocenters. The Labute approximate surface area is 495 Å². The third-order valence-corrected chi connectivity index (χ3v) is 24.3. The summed E-state index contributed by atoms with van der Waals surface area (Å²) < 4.78 is 0. The zero-order valence-electron chi connectivity index (χ0n) is 53.7. The SMILES string of the molecule is CC1=C(C)C([Si](c2cc(-c3c(C)cc(C)cc3C)cc(-c3c(C)cc(C)cc3C)c2)(c2cc(-c3c(C)cc(C)cc3C)cc(-c3c(C)cc(C)cc3C)c2)c2cc(-c3c(C)cc(C)cc3C)cc(-c3c(C)cc(C)cc3C)c2)C(C)=C1C. The van der Waals surface area contributed by atoms with Gasteiger partial charge in [0.1, 0.15) is 0 Å². The number of rotatable bonds is 10. The molecule has 0 bridgehead atoms. The summed E-state index contributed by atoms with van der Waals surface area (Å²) in [6.07, 6.45) is 0. The van der Waals surface area contributed by atoms with Crippen molar-refractivity contribution in [3.63, 3.8) is 0 Å². The summed E-state index contributed by atoms with van der Waals surface area (Å²) in [6.45, 7) is 51.3. The van der Waals surface area contributed by atoms with E-state index in [9.17, 15) is 0 Å². The predicted molar refractivity (Wildman–Crippen MR) is 362 cm³/mol. The van der Waals surface area contributed by atoms with Crippen LogP contribution in [0.2, 0.25) is 5.54 Å². The number of hydrogen-bond donors (Lipinski definition) is 0. The molecule has 9 aromatic carbocycles. The number of hydrogen-bond acceptors (Lipinski definition) is 0. The summed E-state index contributed by atoms with van der Waals surface area (Å²) in [5.74, 6) is 0. The van der Waals surface area contributed by atoms with E-state index >= 15 is 0 Å². The molecule has 0 saturated carbocycles. The van der Waals surface area contributed by atoms with Crippen molar-refractivity contribution in [1.29, 1.82) is 0 Å². The Balaban J connectivity index is 1.54. The maximum Gasteiger partial charge on any atom is 0.159 e. The summed E-state index contributed by atoms with van der Waals surface area (Å²) in [6, 6.07) is 52.6. The van der Waals surface area contributed by atoms with Gasteiger partial charge >= 0.3 is 0 Å². The highest BCUT2D eigenvalue weighted by atomic mass is 28.3. The molecular weight excluding hydrogens is 1000 g/mol. The van der Waals surface area contributed by atoms with Crippen LogP contribution in [0.5, 0.6) is 0 Å². The fourth-order valence-corrected chi connectivity index (χ4v) is 22.3. The molecule has 0 aromatic heterocycles. The molecule has 0 nitrogen and oxygen atoms in total. The Kier molecular flexibility index (Phi) is 15.4. The van der Waals surface area contributed by atoms with E-state index in [1.165, 1.54) is 205 Å². The van der Waals surface area contributed by atoms with E-state index in [2.05, 4.69) is 280 Å². The molecule has 0 atom stereocenters. The first-order chi connectivity index (χ1) is 38.7. The van der Waals surface area contributed by atoms with Crippen molar-refractivity contribution in [1.82, 2.24) is 0 Å². The molecule has 9 aromatic rings. The van der Waals surface area contributed by atoms with Crippen molar-refractivity contribution < 1.29 is 0 Å². The summed E-state index contributed by atoms with van der Waals surface area (Å²) >= 11 is 0. The number of aryl methyl sites for hydroxylation is 18. The zero-order chi connectivity index (χ0) is 59.3. The highest BCUT2D eigenvalue weighted by Gasteiger charge is 2.51. The van der Waals surface area contributed by atoms with Crippen molar-refractivity contribution in [2.24, 2.45) is 0 Å². The van der Waals surface area contributed by atoms with Crippen LogP contribution in [0, 0.1) is 125 Å². The topological polar surface area (TPSA) is 0 Å². The molecule has 416 valence electrons. The molecule has 1 aliphatic rings. The molecule has 0 fully saturated rings. The Hall–Kier alpha value is -7.32. The minimum atomic E-state index is -3.58. The molecule has 0 radical (unpaired) electrons. The van der Waals surface area contributed by atoms with E-state index in [1.807, 2.05) is 0 Å². The minimum Gasteiger partial charge on any atom is -0.0647 e. The highest BCUT2D eigenvalue weighted by Crippen LogP contribution is 2.49. The van der Waals surface area contributed by atoms with Gasteiger partial charge < -0.3 is 0 Å². The Morgan fingerprint density at radius 3 is 0.488 bits per heavy atom. The van der Waals surface area contributed by atoms with Crippen LogP contribution < -0.4 is 15.6 Å². The minimum absolute atomic E-state index is 0.0723. The molecule has 0 heterocycles. The number of allylic oxidation sites excluding steroid dienone is 4. The Morgan fingerprint density at radius 1 is 0.195 bits per heavy atom. The quantitative estimate of drug-likeness (QED) is 0.0946. The van der Waals surface area contributed by atoms with Gasteiger partial charge in [-0.3, -0.25) is 0 Å². The molecule has 10 rings (SSSR count).